The van der Waals surface area contributed by atoms with E-state index in [1.807, 2.05) is 0 Å². The van der Waals surface area contributed by atoms with Gasteiger partial charge in [0.15, 0.2) is 0 Å². The van der Waals surface area contributed by atoms with Crippen LogP contribution in [0.15, 0.2) is 12.1 Å². The van der Waals surface area contributed by atoms with Crippen LogP contribution in [0.2, 0.25) is 5.02 Å². The Bertz CT molecular complexity index is 361. The van der Waals surface area contributed by atoms with Crippen LogP contribution >= 0.6 is 11.6 Å². The monoisotopic (exact) mass is 260 g/mol. The van der Waals surface area contributed by atoms with Crippen molar-refractivity contribution in [3.63, 3.8) is 0 Å². The van der Waals surface area contributed by atoms with Gasteiger partial charge in [-0.05, 0) is 18.9 Å². The van der Waals surface area contributed by atoms with Crippen LogP contribution in [0, 0.1) is 5.82 Å². The molecule has 0 atom stereocenters. The summed E-state index contributed by atoms with van der Waals surface area (Å²) in [6.45, 7) is 4.27. The second-order valence-electron chi connectivity index (χ2n) is 3.75. The second kappa shape index (κ2) is 7.35. The van der Waals surface area contributed by atoms with Gasteiger partial charge in [0.1, 0.15) is 5.82 Å². The third-order valence-electron chi connectivity index (χ3n) is 2.22. The van der Waals surface area contributed by atoms with E-state index in [2.05, 4.69) is 12.2 Å². The maximum Gasteiger partial charge on any atom is 0.143 e. The molecule has 3 N–H and O–H groups in total. The molecule has 0 fully saturated rings. The lowest BCUT2D eigenvalue weighted by molar-refractivity contribution is 0.134. The van der Waals surface area contributed by atoms with Crippen molar-refractivity contribution in [2.75, 3.05) is 30.8 Å². The third kappa shape index (κ3) is 4.79. The van der Waals surface area contributed by atoms with E-state index in [1.165, 1.54) is 12.1 Å². The maximum absolute atomic E-state index is 13.0. The van der Waals surface area contributed by atoms with Crippen molar-refractivity contribution in [2.45, 2.75) is 19.8 Å². The van der Waals surface area contributed by atoms with Crippen LogP contribution in [-0.2, 0) is 4.74 Å². The summed E-state index contributed by atoms with van der Waals surface area (Å²) < 4.78 is 18.4. The number of halogens is 2. The topological polar surface area (TPSA) is 47.3 Å². The summed E-state index contributed by atoms with van der Waals surface area (Å²) >= 11 is 5.67. The summed E-state index contributed by atoms with van der Waals surface area (Å²) in [4.78, 5) is 0. The number of rotatable bonds is 7. The van der Waals surface area contributed by atoms with Gasteiger partial charge in [0.25, 0.3) is 0 Å². The smallest absolute Gasteiger partial charge is 0.143 e. The zero-order chi connectivity index (χ0) is 12.7. The van der Waals surface area contributed by atoms with Gasteiger partial charge in [-0.2, -0.15) is 0 Å². The summed E-state index contributed by atoms with van der Waals surface area (Å²) in [6, 6.07) is 2.72. The SMILES string of the molecule is CCCOCCCNc1cc(Cl)c(F)cc1N. The van der Waals surface area contributed by atoms with E-state index < -0.39 is 5.82 Å². The molecule has 0 unspecified atom stereocenters. The van der Waals surface area contributed by atoms with Gasteiger partial charge in [-0.15, -0.1) is 0 Å². The molecule has 96 valence electrons. The van der Waals surface area contributed by atoms with Crippen LogP contribution in [0.3, 0.4) is 0 Å². The van der Waals surface area contributed by atoms with Crippen molar-refractivity contribution in [1.29, 1.82) is 0 Å². The van der Waals surface area contributed by atoms with Crippen LogP contribution in [0.4, 0.5) is 15.8 Å². The van der Waals surface area contributed by atoms with Crippen molar-refractivity contribution in [3.05, 3.63) is 23.0 Å². The Kier molecular flexibility index (Phi) is 6.08. The van der Waals surface area contributed by atoms with Gasteiger partial charge in [-0.3, -0.25) is 0 Å². The van der Waals surface area contributed by atoms with Crippen molar-refractivity contribution in [1.82, 2.24) is 0 Å². The molecule has 0 aliphatic carbocycles. The van der Waals surface area contributed by atoms with Crippen LogP contribution in [-0.4, -0.2) is 19.8 Å². The first-order valence-corrected chi connectivity index (χ1v) is 6.09. The number of hydrogen-bond acceptors (Lipinski definition) is 3. The predicted molar refractivity (Wildman–Crippen MR) is 70.0 cm³/mol. The zero-order valence-electron chi connectivity index (χ0n) is 9.93. The highest BCUT2D eigenvalue weighted by atomic mass is 35.5. The normalized spacial score (nSPS) is 10.5. The minimum Gasteiger partial charge on any atom is -0.397 e. The quantitative estimate of drug-likeness (QED) is 0.584. The molecule has 1 aromatic rings. The van der Waals surface area contributed by atoms with Crippen molar-refractivity contribution in [2.24, 2.45) is 0 Å². The fourth-order valence-electron chi connectivity index (χ4n) is 1.36. The van der Waals surface area contributed by atoms with Crippen molar-refractivity contribution < 1.29 is 9.13 Å². The van der Waals surface area contributed by atoms with E-state index in [1.54, 1.807) is 0 Å². The number of nitrogens with one attached hydrogen (secondary N) is 1. The molecule has 0 heterocycles. The Morgan fingerprint density at radius 2 is 2.18 bits per heavy atom. The molecule has 0 radical (unpaired) electrons. The van der Waals surface area contributed by atoms with Gasteiger partial charge >= 0.3 is 0 Å². The van der Waals surface area contributed by atoms with Gasteiger partial charge in [-0.1, -0.05) is 18.5 Å². The molecule has 0 aliphatic rings. The highest BCUT2D eigenvalue weighted by Crippen LogP contribution is 2.26. The molecule has 0 aliphatic heterocycles. The molecule has 0 amide bonds. The van der Waals surface area contributed by atoms with Crippen molar-refractivity contribution >= 4 is 23.0 Å². The minimum atomic E-state index is -0.499. The maximum atomic E-state index is 13.0. The number of ether oxygens (including phenoxy) is 1. The standard InChI is InChI=1S/C12H18ClFN2O/c1-2-5-17-6-3-4-16-12-7-9(13)10(14)8-11(12)15/h7-8,16H,2-6,15H2,1H3. The van der Waals surface area contributed by atoms with Gasteiger partial charge in [0.05, 0.1) is 16.4 Å². The first-order valence-electron chi connectivity index (χ1n) is 5.71. The molecular weight excluding hydrogens is 243 g/mol. The van der Waals surface area contributed by atoms with Crippen LogP contribution in [0.5, 0.6) is 0 Å². The Morgan fingerprint density at radius 1 is 1.41 bits per heavy atom. The zero-order valence-corrected chi connectivity index (χ0v) is 10.7. The van der Waals surface area contributed by atoms with E-state index in [0.29, 0.717) is 18.0 Å². The van der Waals surface area contributed by atoms with Crippen LogP contribution < -0.4 is 11.1 Å². The third-order valence-corrected chi connectivity index (χ3v) is 2.51. The Labute approximate surface area is 106 Å². The number of nitrogens with two attached hydrogens (primary N) is 1. The van der Waals surface area contributed by atoms with Gasteiger partial charge in [-0.25, -0.2) is 4.39 Å². The fraction of sp³-hybridized carbons (Fsp3) is 0.500. The van der Waals surface area contributed by atoms with E-state index in [0.717, 1.165) is 26.0 Å². The first-order chi connectivity index (χ1) is 8.15. The molecule has 17 heavy (non-hydrogen) atoms. The minimum absolute atomic E-state index is 0.0731. The predicted octanol–water partition coefficient (Wildman–Crippen LogP) is 3.29. The molecule has 1 aromatic carbocycles. The number of anilines is 2. The molecule has 0 saturated carbocycles. The van der Waals surface area contributed by atoms with Gasteiger partial charge in [0, 0.05) is 25.8 Å². The first kappa shape index (κ1) is 14.1. The highest BCUT2D eigenvalue weighted by Gasteiger charge is 2.05. The summed E-state index contributed by atoms with van der Waals surface area (Å²) in [5, 5.41) is 3.17. The average Bonchev–Trinajstić information content (AvgIpc) is 2.30. The van der Waals surface area contributed by atoms with Crippen LogP contribution in [0.25, 0.3) is 0 Å². The number of nitrogen functional groups attached to an aromatic ring is 1. The van der Waals surface area contributed by atoms with Gasteiger partial charge in [0.2, 0.25) is 0 Å². The van der Waals surface area contributed by atoms with E-state index in [9.17, 15) is 4.39 Å². The van der Waals surface area contributed by atoms with E-state index >= 15 is 0 Å². The molecule has 0 aromatic heterocycles. The van der Waals surface area contributed by atoms with Crippen molar-refractivity contribution in [3.8, 4) is 0 Å². The summed E-state index contributed by atoms with van der Waals surface area (Å²) in [7, 11) is 0. The second-order valence-corrected chi connectivity index (χ2v) is 4.15. The Hall–Kier alpha value is -1.00. The lowest BCUT2D eigenvalue weighted by Crippen LogP contribution is -2.08. The lowest BCUT2D eigenvalue weighted by atomic mass is 10.2. The molecule has 0 saturated heterocycles. The molecule has 0 spiro atoms. The summed E-state index contributed by atoms with van der Waals surface area (Å²) in [5.74, 6) is -0.499. The largest absolute Gasteiger partial charge is 0.397 e. The Morgan fingerprint density at radius 3 is 2.88 bits per heavy atom. The lowest BCUT2D eigenvalue weighted by Gasteiger charge is -2.10. The number of hydrogen-bond donors (Lipinski definition) is 2. The summed E-state index contributed by atoms with van der Waals surface area (Å²) in [5.41, 5.74) is 6.68. The fourth-order valence-corrected chi connectivity index (χ4v) is 1.52. The molecule has 1 rings (SSSR count). The van der Waals surface area contributed by atoms with Crippen LogP contribution in [0.1, 0.15) is 19.8 Å². The molecule has 0 bridgehead atoms. The van der Waals surface area contributed by atoms with E-state index in [-0.39, 0.29) is 5.02 Å². The number of benzene rings is 1. The Balaban J connectivity index is 2.34. The molecule has 5 heteroatoms. The van der Waals surface area contributed by atoms with E-state index in [4.69, 9.17) is 22.1 Å². The molecule has 3 nitrogen and oxygen atoms in total. The average molecular weight is 261 g/mol. The summed E-state index contributed by atoms with van der Waals surface area (Å²) in [6.07, 6.45) is 1.89. The van der Waals surface area contributed by atoms with Gasteiger partial charge < -0.3 is 15.8 Å². The molecular formula is C12H18ClFN2O. The highest BCUT2D eigenvalue weighted by molar-refractivity contribution is 6.31.